The topological polar surface area (TPSA) is 94.3 Å². The van der Waals surface area contributed by atoms with Crippen molar-refractivity contribution in [3.8, 4) is 0 Å². The van der Waals surface area contributed by atoms with Crippen LogP contribution in [-0.2, 0) is 9.53 Å². The maximum absolute atomic E-state index is 10.9. The van der Waals surface area contributed by atoms with E-state index in [0.29, 0.717) is 18.0 Å². The molecule has 8 heteroatoms. The van der Waals surface area contributed by atoms with Gasteiger partial charge in [0.2, 0.25) is 0 Å². The van der Waals surface area contributed by atoms with Gasteiger partial charge >= 0.3 is 5.97 Å². The molecular weight excluding hydrogens is 212 g/mol. The van der Waals surface area contributed by atoms with Gasteiger partial charge in [0.25, 0.3) is 0 Å². The third-order valence-electron chi connectivity index (χ3n) is 1.93. The van der Waals surface area contributed by atoms with Gasteiger partial charge in [0.05, 0.1) is 13.5 Å². The molecule has 0 saturated heterocycles. The second kappa shape index (κ2) is 4.51. The van der Waals surface area contributed by atoms with Gasteiger partial charge < -0.3 is 10.1 Å². The molecule has 0 aromatic carbocycles. The lowest BCUT2D eigenvalue weighted by atomic mass is 10.4. The Hall–Kier alpha value is -2.25. The third kappa shape index (κ3) is 2.22. The number of esters is 1. The molecule has 0 atom stereocenters. The summed E-state index contributed by atoms with van der Waals surface area (Å²) in [5, 5.41) is 17.9. The van der Waals surface area contributed by atoms with Crippen LogP contribution in [-0.4, -0.2) is 44.9 Å². The molecule has 0 aliphatic heterocycles. The number of ether oxygens (including phenoxy) is 1. The van der Waals surface area contributed by atoms with Crippen molar-refractivity contribution in [1.82, 2.24) is 25.3 Å². The maximum atomic E-state index is 10.9. The molecule has 1 N–H and O–H groups in total. The van der Waals surface area contributed by atoms with Gasteiger partial charge in [-0.1, -0.05) is 0 Å². The van der Waals surface area contributed by atoms with Crippen molar-refractivity contribution in [1.29, 1.82) is 0 Å². The van der Waals surface area contributed by atoms with Crippen LogP contribution in [0.15, 0.2) is 12.1 Å². The highest BCUT2D eigenvalue weighted by atomic mass is 16.5. The molecule has 16 heavy (non-hydrogen) atoms. The molecule has 2 aromatic rings. The van der Waals surface area contributed by atoms with E-state index in [1.807, 2.05) is 0 Å². The number of hydrogen-bond donors (Lipinski definition) is 1. The minimum absolute atomic E-state index is 0.268. The minimum Gasteiger partial charge on any atom is -0.469 e. The van der Waals surface area contributed by atoms with Gasteiger partial charge in [0.15, 0.2) is 5.65 Å². The molecule has 0 aliphatic rings. The van der Waals surface area contributed by atoms with Gasteiger partial charge in [-0.25, -0.2) is 0 Å². The predicted octanol–water partition coefficient (Wildman–Crippen LogP) is -0.506. The summed E-state index contributed by atoms with van der Waals surface area (Å²) in [4.78, 5) is 10.9. The van der Waals surface area contributed by atoms with Crippen molar-refractivity contribution in [2.75, 3.05) is 19.0 Å². The standard InChI is InChI=1S/C8H10N6O2/c1-16-8(15)4-5-9-6-2-3-7-10-12-13-14(7)11-6/h2-3H,4-5H2,1H3,(H,9,11). The fourth-order valence-electron chi connectivity index (χ4n) is 1.14. The van der Waals surface area contributed by atoms with Crippen LogP contribution in [0.25, 0.3) is 5.65 Å². The third-order valence-corrected chi connectivity index (χ3v) is 1.93. The Morgan fingerprint density at radius 2 is 2.44 bits per heavy atom. The Morgan fingerprint density at radius 3 is 3.25 bits per heavy atom. The van der Waals surface area contributed by atoms with Crippen LogP contribution in [0.3, 0.4) is 0 Å². The van der Waals surface area contributed by atoms with E-state index in [0.717, 1.165) is 0 Å². The summed E-state index contributed by atoms with van der Waals surface area (Å²) in [5.41, 5.74) is 0.568. The fourth-order valence-corrected chi connectivity index (χ4v) is 1.14. The summed E-state index contributed by atoms with van der Waals surface area (Å²) >= 11 is 0. The second-order valence-corrected chi connectivity index (χ2v) is 3.00. The van der Waals surface area contributed by atoms with Gasteiger partial charge in [-0.15, -0.1) is 14.8 Å². The number of nitrogens with one attached hydrogen (secondary N) is 1. The van der Waals surface area contributed by atoms with Gasteiger partial charge in [-0.2, -0.15) is 0 Å². The highest BCUT2D eigenvalue weighted by molar-refractivity contribution is 5.69. The van der Waals surface area contributed by atoms with Crippen molar-refractivity contribution < 1.29 is 9.53 Å². The molecule has 0 aliphatic carbocycles. The molecule has 2 rings (SSSR count). The zero-order valence-electron chi connectivity index (χ0n) is 8.62. The SMILES string of the molecule is COC(=O)CCNc1ccc2nnnn2n1. The van der Waals surface area contributed by atoms with Crippen molar-refractivity contribution in [3.63, 3.8) is 0 Å². The summed E-state index contributed by atoms with van der Waals surface area (Å²) in [6.45, 7) is 0.452. The number of carbonyl (C=O) groups is 1. The first-order chi connectivity index (χ1) is 7.79. The van der Waals surface area contributed by atoms with E-state index in [2.05, 4.69) is 30.7 Å². The van der Waals surface area contributed by atoms with Crippen LogP contribution in [0.4, 0.5) is 5.82 Å². The summed E-state index contributed by atoms with van der Waals surface area (Å²) < 4.78 is 5.82. The summed E-state index contributed by atoms with van der Waals surface area (Å²) in [6.07, 6.45) is 0.284. The van der Waals surface area contributed by atoms with E-state index in [9.17, 15) is 4.79 Å². The Balaban J connectivity index is 1.96. The molecule has 0 saturated carbocycles. The number of aromatic nitrogens is 5. The number of methoxy groups -OCH3 is 1. The Morgan fingerprint density at radius 1 is 1.56 bits per heavy atom. The molecule has 0 spiro atoms. The van der Waals surface area contributed by atoms with Crippen LogP contribution in [0.1, 0.15) is 6.42 Å². The van der Waals surface area contributed by atoms with E-state index in [4.69, 9.17) is 0 Å². The monoisotopic (exact) mass is 222 g/mol. The molecule has 2 heterocycles. The van der Waals surface area contributed by atoms with Crippen molar-refractivity contribution >= 4 is 17.4 Å². The lowest BCUT2D eigenvalue weighted by molar-refractivity contribution is -0.140. The van der Waals surface area contributed by atoms with Crippen LogP contribution in [0.5, 0.6) is 0 Å². The summed E-state index contributed by atoms with van der Waals surface area (Å²) in [6, 6.07) is 3.47. The lowest BCUT2D eigenvalue weighted by Gasteiger charge is -2.03. The molecule has 8 nitrogen and oxygen atoms in total. The minimum atomic E-state index is -0.268. The molecular formula is C8H10N6O2. The van der Waals surface area contributed by atoms with Crippen LogP contribution < -0.4 is 5.32 Å². The molecule has 0 bridgehead atoms. The average Bonchev–Trinajstić information content (AvgIpc) is 2.76. The molecule has 2 aromatic heterocycles. The molecule has 0 unspecified atom stereocenters. The molecule has 84 valence electrons. The van der Waals surface area contributed by atoms with E-state index in [-0.39, 0.29) is 12.4 Å². The largest absolute Gasteiger partial charge is 0.469 e. The highest BCUT2D eigenvalue weighted by Crippen LogP contribution is 2.02. The van der Waals surface area contributed by atoms with E-state index >= 15 is 0 Å². The number of carbonyl (C=O) groups excluding carboxylic acids is 1. The lowest BCUT2D eigenvalue weighted by Crippen LogP contribution is -2.11. The van der Waals surface area contributed by atoms with Crippen molar-refractivity contribution in [3.05, 3.63) is 12.1 Å². The van der Waals surface area contributed by atoms with Crippen molar-refractivity contribution in [2.24, 2.45) is 0 Å². The van der Waals surface area contributed by atoms with E-state index in [1.54, 1.807) is 12.1 Å². The van der Waals surface area contributed by atoms with Gasteiger partial charge in [-0.3, -0.25) is 4.79 Å². The average molecular weight is 222 g/mol. The second-order valence-electron chi connectivity index (χ2n) is 3.00. The molecule has 0 fully saturated rings. The van der Waals surface area contributed by atoms with E-state index in [1.165, 1.54) is 11.7 Å². The Kier molecular flexibility index (Phi) is 2.90. The Bertz CT molecular complexity index is 496. The fraction of sp³-hybridized carbons (Fsp3) is 0.375. The zero-order chi connectivity index (χ0) is 11.4. The zero-order valence-corrected chi connectivity index (χ0v) is 8.62. The number of hydrogen-bond acceptors (Lipinski definition) is 7. The van der Waals surface area contributed by atoms with Gasteiger partial charge in [0.1, 0.15) is 5.82 Å². The first-order valence-electron chi connectivity index (χ1n) is 4.66. The first-order valence-corrected chi connectivity index (χ1v) is 4.66. The number of anilines is 1. The van der Waals surface area contributed by atoms with Gasteiger partial charge in [-0.05, 0) is 22.6 Å². The molecule has 0 radical (unpaired) electrons. The van der Waals surface area contributed by atoms with Crippen LogP contribution in [0.2, 0.25) is 0 Å². The van der Waals surface area contributed by atoms with Crippen LogP contribution in [0, 0.1) is 0 Å². The van der Waals surface area contributed by atoms with Crippen LogP contribution >= 0.6 is 0 Å². The maximum Gasteiger partial charge on any atom is 0.307 e. The number of tetrazole rings is 1. The predicted molar refractivity (Wildman–Crippen MR) is 53.7 cm³/mol. The summed E-state index contributed by atoms with van der Waals surface area (Å²) in [5.74, 6) is 0.333. The number of nitrogens with zero attached hydrogens (tertiary/aromatic N) is 5. The van der Waals surface area contributed by atoms with E-state index < -0.39 is 0 Å². The quantitative estimate of drug-likeness (QED) is 0.696. The first kappa shape index (κ1) is 10.3. The number of rotatable bonds is 4. The molecule has 0 amide bonds. The summed E-state index contributed by atoms with van der Waals surface area (Å²) in [7, 11) is 1.35. The normalized spacial score (nSPS) is 10.3. The smallest absolute Gasteiger partial charge is 0.307 e. The Labute approximate surface area is 90.6 Å². The van der Waals surface area contributed by atoms with Crippen molar-refractivity contribution in [2.45, 2.75) is 6.42 Å². The van der Waals surface area contributed by atoms with Gasteiger partial charge in [0, 0.05) is 6.54 Å². The highest BCUT2D eigenvalue weighted by Gasteiger charge is 2.02. The number of fused-ring (bicyclic) bond motifs is 1.